The van der Waals surface area contributed by atoms with Crippen LogP contribution in [0.4, 0.5) is 19.0 Å². The van der Waals surface area contributed by atoms with Crippen LogP contribution in [0, 0.1) is 0 Å². The number of halogens is 3. The van der Waals surface area contributed by atoms with E-state index in [2.05, 4.69) is 19.9 Å². The Morgan fingerprint density at radius 1 is 1.11 bits per heavy atom. The van der Waals surface area contributed by atoms with Crippen LogP contribution < -0.4 is 9.64 Å². The lowest BCUT2D eigenvalue weighted by atomic mass is 10.0. The largest absolute Gasteiger partial charge is 0.480 e. The number of imidazole rings is 1. The standard InChI is InChI=1S/C32H34F3N7O4/c1-5-46-31(43)22-14-36-27(25-26(20-8-9-20)37-17-38-30(25)44-4)40-29(22)41-12-13-45-16-23(41)19-6-10-21(11-7-19)28-39-24(32(33,34)35)15-42(28)18(2)3/h6-7,10-11,14-15,17-18,20,23H,5,8-9,12-13,16H2,1-4H3. The molecule has 242 valence electrons. The highest BCUT2D eigenvalue weighted by atomic mass is 19.4. The minimum Gasteiger partial charge on any atom is -0.480 e. The van der Waals surface area contributed by atoms with Crippen molar-refractivity contribution in [1.29, 1.82) is 0 Å². The molecule has 46 heavy (non-hydrogen) atoms. The van der Waals surface area contributed by atoms with Gasteiger partial charge in [-0.1, -0.05) is 24.3 Å². The number of carbonyl (C=O) groups excluding carboxylic acids is 1. The summed E-state index contributed by atoms with van der Waals surface area (Å²) in [5, 5.41) is 0. The summed E-state index contributed by atoms with van der Waals surface area (Å²) in [6.45, 7) is 6.57. The molecular formula is C32H34F3N7O4. The Balaban J connectivity index is 1.41. The highest BCUT2D eigenvalue weighted by Crippen LogP contribution is 2.45. The quantitative estimate of drug-likeness (QED) is 0.201. The highest BCUT2D eigenvalue weighted by molar-refractivity contribution is 5.95. The number of benzene rings is 1. The van der Waals surface area contributed by atoms with Crippen molar-refractivity contribution in [3.63, 3.8) is 0 Å². The third kappa shape index (κ3) is 6.13. The number of methoxy groups -OCH3 is 1. The van der Waals surface area contributed by atoms with Gasteiger partial charge in [0, 0.05) is 36.5 Å². The van der Waals surface area contributed by atoms with Gasteiger partial charge in [0.2, 0.25) is 5.88 Å². The second-order valence-corrected chi connectivity index (χ2v) is 11.4. The average molecular weight is 638 g/mol. The lowest BCUT2D eigenvalue weighted by molar-refractivity contribution is -0.140. The molecule has 4 heterocycles. The molecule has 0 spiro atoms. The van der Waals surface area contributed by atoms with Crippen LogP contribution in [0.25, 0.3) is 22.8 Å². The van der Waals surface area contributed by atoms with Crippen LogP contribution in [0.15, 0.2) is 43.0 Å². The number of esters is 1. The van der Waals surface area contributed by atoms with Crippen molar-refractivity contribution in [2.45, 2.75) is 57.8 Å². The average Bonchev–Trinajstić information content (AvgIpc) is 3.80. The lowest BCUT2D eigenvalue weighted by Gasteiger charge is -2.37. The Morgan fingerprint density at radius 2 is 1.87 bits per heavy atom. The summed E-state index contributed by atoms with van der Waals surface area (Å²) >= 11 is 0. The van der Waals surface area contributed by atoms with E-state index in [1.165, 1.54) is 24.2 Å². The van der Waals surface area contributed by atoms with E-state index in [1.807, 2.05) is 17.0 Å². The van der Waals surface area contributed by atoms with Gasteiger partial charge in [-0.15, -0.1) is 0 Å². The number of anilines is 1. The van der Waals surface area contributed by atoms with Crippen molar-refractivity contribution in [2.24, 2.45) is 0 Å². The number of ether oxygens (including phenoxy) is 3. The van der Waals surface area contributed by atoms with E-state index < -0.39 is 17.8 Å². The summed E-state index contributed by atoms with van der Waals surface area (Å²) in [5.41, 5.74) is 1.98. The van der Waals surface area contributed by atoms with Crippen molar-refractivity contribution in [3.05, 3.63) is 65.5 Å². The van der Waals surface area contributed by atoms with E-state index in [1.54, 1.807) is 32.9 Å². The molecule has 0 amide bonds. The first-order valence-electron chi connectivity index (χ1n) is 15.1. The van der Waals surface area contributed by atoms with Gasteiger partial charge in [0.1, 0.15) is 29.1 Å². The van der Waals surface area contributed by atoms with E-state index >= 15 is 0 Å². The molecule has 6 rings (SSSR count). The summed E-state index contributed by atoms with van der Waals surface area (Å²) in [6, 6.07) is 6.54. The summed E-state index contributed by atoms with van der Waals surface area (Å²) in [7, 11) is 1.52. The Labute approximate surface area is 263 Å². The number of alkyl halides is 3. The number of nitrogens with zero attached hydrogens (tertiary/aromatic N) is 7. The molecule has 11 nitrogen and oxygen atoms in total. The fourth-order valence-corrected chi connectivity index (χ4v) is 5.60. The first kappa shape index (κ1) is 31.4. The third-order valence-corrected chi connectivity index (χ3v) is 8.02. The number of hydrogen-bond donors (Lipinski definition) is 0. The molecule has 1 aliphatic heterocycles. The van der Waals surface area contributed by atoms with E-state index in [4.69, 9.17) is 19.2 Å². The topological polar surface area (TPSA) is 117 Å². The van der Waals surface area contributed by atoms with Gasteiger partial charge in [-0.3, -0.25) is 0 Å². The molecule has 1 aliphatic carbocycles. The van der Waals surface area contributed by atoms with Crippen LogP contribution in [0.2, 0.25) is 0 Å². The number of rotatable bonds is 9. The fraction of sp³-hybridized carbons (Fsp3) is 0.438. The Bertz CT molecular complexity index is 1720. The third-order valence-electron chi connectivity index (χ3n) is 8.02. The molecule has 0 bridgehead atoms. The monoisotopic (exact) mass is 637 g/mol. The second kappa shape index (κ2) is 12.7. The molecule has 14 heteroatoms. The highest BCUT2D eigenvalue weighted by Gasteiger charge is 2.36. The number of morpholine rings is 1. The molecule has 2 aliphatic rings. The predicted octanol–water partition coefficient (Wildman–Crippen LogP) is 6.04. The van der Waals surface area contributed by atoms with Gasteiger partial charge in [-0.2, -0.15) is 13.2 Å². The summed E-state index contributed by atoms with van der Waals surface area (Å²) in [6.07, 6.45) is 1.36. The summed E-state index contributed by atoms with van der Waals surface area (Å²) in [5.74, 6) is 0.930. The molecule has 4 aromatic rings. The van der Waals surface area contributed by atoms with E-state index in [0.717, 1.165) is 30.3 Å². The van der Waals surface area contributed by atoms with Crippen molar-refractivity contribution in [3.8, 4) is 28.7 Å². The van der Waals surface area contributed by atoms with Crippen LogP contribution in [-0.4, -0.2) is 68.9 Å². The smallest absolute Gasteiger partial charge is 0.434 e. The van der Waals surface area contributed by atoms with Gasteiger partial charge in [0.05, 0.1) is 38.7 Å². The van der Waals surface area contributed by atoms with E-state index in [-0.39, 0.29) is 42.6 Å². The zero-order valence-corrected chi connectivity index (χ0v) is 25.9. The minimum absolute atomic E-state index is 0.169. The van der Waals surface area contributed by atoms with Crippen molar-refractivity contribution in [2.75, 3.05) is 38.4 Å². The Morgan fingerprint density at radius 3 is 2.52 bits per heavy atom. The van der Waals surface area contributed by atoms with E-state index in [0.29, 0.717) is 41.8 Å². The zero-order valence-electron chi connectivity index (χ0n) is 25.9. The molecule has 3 aromatic heterocycles. The van der Waals surface area contributed by atoms with Gasteiger partial charge in [0.15, 0.2) is 11.5 Å². The number of aromatic nitrogens is 6. The Hall–Kier alpha value is -4.59. The number of carbonyl (C=O) groups is 1. The first-order chi connectivity index (χ1) is 22.1. The van der Waals surface area contributed by atoms with Crippen LogP contribution in [0.5, 0.6) is 5.88 Å². The number of hydrogen-bond acceptors (Lipinski definition) is 10. The second-order valence-electron chi connectivity index (χ2n) is 11.4. The maximum atomic E-state index is 13.5. The van der Waals surface area contributed by atoms with Gasteiger partial charge >= 0.3 is 12.1 Å². The Kier molecular flexibility index (Phi) is 8.64. The first-order valence-corrected chi connectivity index (χ1v) is 15.1. The molecule has 1 aromatic carbocycles. The van der Waals surface area contributed by atoms with E-state index in [9.17, 15) is 18.0 Å². The van der Waals surface area contributed by atoms with Crippen LogP contribution in [-0.2, 0) is 15.7 Å². The molecule has 1 atom stereocenters. The molecule has 1 unspecified atom stereocenters. The minimum atomic E-state index is -4.56. The zero-order chi connectivity index (χ0) is 32.6. The summed E-state index contributed by atoms with van der Waals surface area (Å²) < 4.78 is 58.8. The van der Waals surface area contributed by atoms with Crippen molar-refractivity contribution < 1.29 is 32.2 Å². The molecule has 0 radical (unpaired) electrons. The maximum Gasteiger partial charge on any atom is 0.434 e. The molecule has 2 fully saturated rings. The van der Waals surface area contributed by atoms with Crippen LogP contribution >= 0.6 is 0 Å². The van der Waals surface area contributed by atoms with Crippen molar-refractivity contribution in [1.82, 2.24) is 29.5 Å². The fourth-order valence-electron chi connectivity index (χ4n) is 5.60. The van der Waals surface area contributed by atoms with Crippen LogP contribution in [0.3, 0.4) is 0 Å². The molecule has 1 saturated carbocycles. The maximum absolute atomic E-state index is 13.5. The van der Waals surface area contributed by atoms with Gasteiger partial charge in [0.25, 0.3) is 0 Å². The SMILES string of the molecule is CCOC(=O)c1cnc(-c2c(OC)ncnc2C2CC2)nc1N1CCOCC1c1ccc(-c2nc(C(F)(F)F)cn2C(C)C)cc1. The normalized spacial score (nSPS) is 17.0. The van der Waals surface area contributed by atoms with Crippen molar-refractivity contribution >= 4 is 11.8 Å². The van der Waals surface area contributed by atoms with Gasteiger partial charge < -0.3 is 23.7 Å². The molecule has 0 N–H and O–H groups in total. The molecule has 1 saturated heterocycles. The van der Waals surface area contributed by atoms with Crippen LogP contribution in [0.1, 0.15) is 78.9 Å². The van der Waals surface area contributed by atoms with Gasteiger partial charge in [-0.05, 0) is 39.2 Å². The molecular weight excluding hydrogens is 603 g/mol. The predicted molar refractivity (Wildman–Crippen MR) is 161 cm³/mol. The van der Waals surface area contributed by atoms with Gasteiger partial charge in [-0.25, -0.2) is 29.7 Å². The lowest BCUT2D eigenvalue weighted by Crippen LogP contribution is -2.41. The summed E-state index contributed by atoms with van der Waals surface area (Å²) in [4.78, 5) is 37.3.